The first-order valence-corrected chi connectivity index (χ1v) is 18.1. The van der Waals surface area contributed by atoms with E-state index < -0.39 is 76.0 Å². The largest absolute Gasteiger partial charge is 0.386 e. The second-order valence-corrected chi connectivity index (χ2v) is 15.7. The summed E-state index contributed by atoms with van der Waals surface area (Å²) in [6.45, 7) is -9.83. The van der Waals surface area contributed by atoms with E-state index in [9.17, 15) is 14.2 Å². The molecule has 10 atom stereocenters. The van der Waals surface area contributed by atoms with Crippen molar-refractivity contribution in [3.63, 3.8) is 0 Å². The number of nitrogens with two attached hydrogens (primary N) is 2. The lowest BCUT2D eigenvalue weighted by atomic mass is 10.1. The number of nitrogens with zero attached hydrogens (tertiary/aromatic N) is 8. The Morgan fingerprint density at radius 2 is 1.27 bits per heavy atom. The standard InChI is InChI=1S/C20H23FN10O9P2S2/c21-9-13-7(37-19(9)30-5-28-10-15(22)24-3-26-17(10)30)1-35-42(34,44)40-14-8(2-36-41(33,43)39-13)38-20(12(14)32)31-6-29-11-16(23)25-4-27-18(11)31/h3-9,12-14,19-20,32H,1-2H2,(H,33,43)(H,34,44)(H2,22,24,26)(H2,23,25,27)/t7-,8?,9-,12-,13-,14-,19-,20-,41-,42?/m1/s1. The summed E-state index contributed by atoms with van der Waals surface area (Å²) < 4.78 is 79.2. The predicted molar refractivity (Wildman–Crippen MR) is 153 cm³/mol. The summed E-state index contributed by atoms with van der Waals surface area (Å²) in [5, 5.41) is 11.2. The molecule has 0 saturated carbocycles. The molecule has 0 aromatic carbocycles. The molecule has 24 heteroatoms. The average molecular weight is 693 g/mol. The Morgan fingerprint density at radius 1 is 0.795 bits per heavy atom. The number of alkyl halides is 1. The summed E-state index contributed by atoms with van der Waals surface area (Å²) in [5.41, 5.74) is 12.5. The van der Waals surface area contributed by atoms with Gasteiger partial charge in [-0.25, -0.2) is 43.4 Å². The first kappa shape index (κ1) is 30.2. The molecule has 3 aliphatic rings. The number of aromatic nitrogens is 8. The van der Waals surface area contributed by atoms with Crippen molar-refractivity contribution in [2.45, 2.75) is 49.1 Å². The monoisotopic (exact) mass is 692 g/mol. The molecule has 19 nitrogen and oxygen atoms in total. The van der Waals surface area contributed by atoms with Crippen LogP contribution in [0.1, 0.15) is 12.5 Å². The fraction of sp³-hybridized carbons (Fsp3) is 0.500. The van der Waals surface area contributed by atoms with Crippen LogP contribution in [0.2, 0.25) is 0 Å². The fourth-order valence-electron chi connectivity index (χ4n) is 5.21. The van der Waals surface area contributed by atoms with Crippen LogP contribution in [0.15, 0.2) is 25.3 Å². The van der Waals surface area contributed by atoms with Gasteiger partial charge < -0.3 is 26.0 Å². The summed E-state index contributed by atoms with van der Waals surface area (Å²) >= 11 is 8.07. The number of halogens is 1. The van der Waals surface area contributed by atoms with Gasteiger partial charge in [0.25, 0.3) is 0 Å². The smallest absolute Gasteiger partial charge is 0.386 e. The number of hydrogen-bond donors (Lipinski definition) is 5. The zero-order valence-electron chi connectivity index (χ0n) is 22.0. The van der Waals surface area contributed by atoms with Gasteiger partial charge in [0.15, 0.2) is 41.6 Å². The highest BCUT2D eigenvalue weighted by Gasteiger charge is 2.54. The molecular formula is C20H23FN10O9P2S2. The second-order valence-electron chi connectivity index (χ2n) is 9.90. The van der Waals surface area contributed by atoms with E-state index in [-0.39, 0.29) is 34.0 Å². The van der Waals surface area contributed by atoms with Crippen LogP contribution >= 0.6 is 38.1 Å². The molecule has 2 unspecified atom stereocenters. The minimum absolute atomic E-state index is 0.0606. The highest BCUT2D eigenvalue weighted by Crippen LogP contribution is 2.60. The van der Waals surface area contributed by atoms with Crippen LogP contribution in [0.4, 0.5) is 16.0 Å². The van der Waals surface area contributed by atoms with Crippen molar-refractivity contribution < 1.29 is 46.2 Å². The molecule has 0 amide bonds. The molecule has 3 saturated heterocycles. The van der Waals surface area contributed by atoms with Crippen LogP contribution in [0.3, 0.4) is 0 Å². The number of hydrogen-bond acceptors (Lipinski definition) is 17. The van der Waals surface area contributed by atoms with Gasteiger partial charge in [-0.05, 0) is 0 Å². The van der Waals surface area contributed by atoms with Crippen molar-refractivity contribution in [2.24, 2.45) is 0 Å². The van der Waals surface area contributed by atoms with Gasteiger partial charge in [-0.3, -0.25) is 27.2 Å². The molecule has 4 aromatic rings. The van der Waals surface area contributed by atoms with Crippen LogP contribution in [0, 0.1) is 0 Å². The predicted octanol–water partition coefficient (Wildman–Crippen LogP) is 1.22. The van der Waals surface area contributed by atoms with E-state index in [1.807, 2.05) is 0 Å². The van der Waals surface area contributed by atoms with E-state index in [1.165, 1.54) is 34.4 Å². The lowest BCUT2D eigenvalue weighted by Crippen LogP contribution is -2.37. The van der Waals surface area contributed by atoms with Crippen LogP contribution in [-0.4, -0.2) is 94.0 Å². The third-order valence-corrected chi connectivity index (χ3v) is 10.4. The van der Waals surface area contributed by atoms with Gasteiger partial charge in [-0.2, -0.15) is 0 Å². The van der Waals surface area contributed by atoms with Crippen molar-refractivity contribution in [1.82, 2.24) is 39.0 Å². The topological polar surface area (TPSA) is 249 Å². The maximum atomic E-state index is 16.0. The number of aliphatic hydroxyl groups excluding tert-OH is 1. The molecule has 44 heavy (non-hydrogen) atoms. The average Bonchev–Trinajstić information content (AvgIpc) is 3.73. The van der Waals surface area contributed by atoms with Gasteiger partial charge in [-0.1, -0.05) is 24.5 Å². The van der Waals surface area contributed by atoms with Crippen LogP contribution in [0.25, 0.3) is 22.3 Å². The summed E-state index contributed by atoms with van der Waals surface area (Å²) in [6.07, 6.45) is -6.81. The Balaban J connectivity index is 1.17. The van der Waals surface area contributed by atoms with Crippen LogP contribution < -0.4 is 11.5 Å². The lowest BCUT2D eigenvalue weighted by Gasteiger charge is -2.28. The molecule has 7 heterocycles. The molecule has 7 rings (SSSR count). The molecule has 3 aliphatic heterocycles. The van der Waals surface area contributed by atoms with E-state index in [2.05, 4.69) is 54.4 Å². The third-order valence-electron chi connectivity index (χ3n) is 7.21. The Bertz CT molecular complexity index is 1710. The molecule has 0 aliphatic carbocycles. The molecule has 3 fully saturated rings. The first-order valence-electron chi connectivity index (χ1n) is 12.7. The van der Waals surface area contributed by atoms with Gasteiger partial charge in [0.05, 0.1) is 25.9 Å². The highest BCUT2D eigenvalue weighted by atomic mass is 32.7. The van der Waals surface area contributed by atoms with Gasteiger partial charge >= 0.3 is 13.6 Å². The first-order chi connectivity index (χ1) is 20.9. The number of rotatable bonds is 2. The van der Waals surface area contributed by atoms with E-state index in [0.29, 0.717) is 0 Å². The minimum Gasteiger partial charge on any atom is -0.386 e. The van der Waals surface area contributed by atoms with Crippen molar-refractivity contribution in [3.05, 3.63) is 25.3 Å². The molecule has 5 N–H and O–H groups in total. The van der Waals surface area contributed by atoms with Gasteiger partial charge in [0.2, 0.25) is 0 Å². The zero-order valence-corrected chi connectivity index (χ0v) is 25.5. The van der Waals surface area contributed by atoms with Gasteiger partial charge in [0.1, 0.15) is 54.2 Å². The molecule has 0 spiro atoms. The SMILES string of the molecule is Nc1ncnc2c1ncn2[C@@H]1OC2CO[P@@](=O)(S)O[C@H]3[C@@H](F)[C@H](n4cnc5c(N)ncnc54)O[C@@H]3COP(=O)(S)O[C@H]2[C@H]1O. The molecule has 0 bridgehead atoms. The lowest BCUT2D eigenvalue weighted by molar-refractivity contribution is -0.0555. The maximum absolute atomic E-state index is 16.0. The quantitative estimate of drug-likeness (QED) is 0.146. The van der Waals surface area contributed by atoms with E-state index in [1.54, 1.807) is 0 Å². The van der Waals surface area contributed by atoms with E-state index in [4.69, 9.17) is 39.0 Å². The van der Waals surface area contributed by atoms with E-state index >= 15 is 4.39 Å². The zero-order chi connectivity index (χ0) is 31.0. The number of ether oxygens (including phenoxy) is 2. The fourth-order valence-corrected chi connectivity index (χ4v) is 8.18. The number of anilines is 2. The number of imidazole rings is 2. The number of aliphatic hydroxyl groups is 1. The maximum Gasteiger partial charge on any atom is 0.386 e. The normalized spacial score (nSPS) is 38.3. The Morgan fingerprint density at radius 3 is 1.84 bits per heavy atom. The van der Waals surface area contributed by atoms with Crippen molar-refractivity contribution in [1.29, 1.82) is 0 Å². The molecule has 0 radical (unpaired) electrons. The third kappa shape index (κ3) is 5.26. The number of nitrogen functional groups attached to an aromatic ring is 2. The number of fused-ring (bicyclic) bond motifs is 4. The summed E-state index contributed by atoms with van der Waals surface area (Å²) in [6, 6.07) is 0. The van der Waals surface area contributed by atoms with Gasteiger partial charge in [-0.15, -0.1) is 0 Å². The Kier molecular flexibility index (Phi) is 7.61. The highest BCUT2D eigenvalue weighted by molar-refractivity contribution is 8.44. The summed E-state index contributed by atoms with van der Waals surface area (Å²) in [5.74, 6) is 0.152. The molecule has 4 aromatic heterocycles. The van der Waals surface area contributed by atoms with Crippen molar-refractivity contribution in [2.75, 3.05) is 24.7 Å². The van der Waals surface area contributed by atoms with Crippen molar-refractivity contribution in [3.8, 4) is 0 Å². The van der Waals surface area contributed by atoms with Crippen molar-refractivity contribution >= 4 is 72.1 Å². The Hall–Kier alpha value is -2.49. The van der Waals surface area contributed by atoms with Crippen LogP contribution in [0.5, 0.6) is 0 Å². The Labute approximate surface area is 256 Å². The summed E-state index contributed by atoms with van der Waals surface area (Å²) in [7, 11) is 0. The number of thiol groups is 2. The van der Waals surface area contributed by atoms with E-state index in [0.717, 1.165) is 0 Å². The minimum atomic E-state index is -4.34. The molecule has 236 valence electrons. The summed E-state index contributed by atoms with van der Waals surface area (Å²) in [4.78, 5) is 24.2. The molecular weight excluding hydrogens is 669 g/mol. The van der Waals surface area contributed by atoms with Gasteiger partial charge in [0, 0.05) is 0 Å². The van der Waals surface area contributed by atoms with Crippen LogP contribution in [-0.2, 0) is 36.7 Å². The second kappa shape index (κ2) is 11.1.